The highest BCUT2D eigenvalue weighted by Crippen LogP contribution is 2.49. The summed E-state index contributed by atoms with van der Waals surface area (Å²) in [5.41, 5.74) is -0.630. The molecule has 1 heterocycles. The molecule has 0 spiro atoms. The first-order valence-corrected chi connectivity index (χ1v) is 13.3. The molecule has 2 aromatic carbocycles. The molecule has 1 aliphatic rings. The van der Waals surface area contributed by atoms with Crippen LogP contribution in [0.5, 0.6) is 0 Å². The topological polar surface area (TPSA) is 57.6 Å². The van der Waals surface area contributed by atoms with Crippen LogP contribution in [0.15, 0.2) is 47.4 Å². The predicted molar refractivity (Wildman–Crippen MR) is 120 cm³/mol. The van der Waals surface area contributed by atoms with Gasteiger partial charge in [0, 0.05) is 21.8 Å². The Morgan fingerprint density at radius 1 is 1.23 bits per heavy atom. The summed E-state index contributed by atoms with van der Waals surface area (Å²) in [5, 5.41) is 9.69. The Morgan fingerprint density at radius 3 is 2.52 bits per heavy atom. The van der Waals surface area contributed by atoms with Gasteiger partial charge in [0.2, 0.25) is 10.0 Å². The van der Waals surface area contributed by atoms with Crippen LogP contribution in [0.1, 0.15) is 29.5 Å². The Morgan fingerprint density at radius 2 is 1.90 bits per heavy atom. The molecule has 3 atom stereocenters. The summed E-state index contributed by atoms with van der Waals surface area (Å²) in [6, 6.07) is 9.71. The van der Waals surface area contributed by atoms with Crippen LogP contribution in [0.3, 0.4) is 0 Å². The highest BCUT2D eigenvalue weighted by molar-refractivity contribution is 14.1. The molecule has 4 nitrogen and oxygen atoms in total. The quantitative estimate of drug-likeness (QED) is 0.281. The molecule has 170 valence electrons. The van der Waals surface area contributed by atoms with Crippen molar-refractivity contribution < 1.29 is 31.1 Å². The van der Waals surface area contributed by atoms with Gasteiger partial charge in [0.15, 0.2) is 0 Å². The Hall–Kier alpha value is -0.890. The van der Waals surface area contributed by atoms with Crippen molar-refractivity contribution in [2.24, 2.45) is 0 Å². The normalized spacial score (nSPS) is 20.1. The second-order valence-electron chi connectivity index (χ2n) is 7.17. The first kappa shape index (κ1) is 24.7. The van der Waals surface area contributed by atoms with Crippen LogP contribution in [0.25, 0.3) is 0 Å². The number of alkyl halides is 4. The van der Waals surface area contributed by atoms with E-state index in [9.17, 15) is 31.1 Å². The fraction of sp³-hybridized carbons (Fsp3) is 0.400. The van der Waals surface area contributed by atoms with Crippen molar-refractivity contribution in [1.29, 1.82) is 0 Å². The summed E-state index contributed by atoms with van der Waals surface area (Å²) in [7, 11) is -3.88. The van der Waals surface area contributed by atoms with E-state index >= 15 is 0 Å². The zero-order chi connectivity index (χ0) is 23.0. The van der Waals surface area contributed by atoms with Crippen molar-refractivity contribution in [3.05, 3.63) is 65.0 Å². The first-order valence-electron chi connectivity index (χ1n) is 9.30. The number of fused-ring (bicyclic) bond motifs is 1. The fourth-order valence-corrected chi connectivity index (χ4v) is 8.47. The van der Waals surface area contributed by atoms with E-state index in [1.807, 2.05) is 34.7 Å². The molecule has 0 fully saturated rings. The van der Waals surface area contributed by atoms with Gasteiger partial charge in [-0.15, -0.1) is 11.8 Å². The van der Waals surface area contributed by atoms with Gasteiger partial charge in [-0.25, -0.2) is 12.8 Å². The standard InChI is InChI=1S/C20H20F4INO3S2/c1-12(27)18-14-4-2-3-5-17(14)30-19(18)26(31(28,29)9-8-25)11-13-6-7-16(21)15(10-13)20(22,23)24/h2-7,10,12,18-19,27H,8-9,11H2,1H3. The highest BCUT2D eigenvalue weighted by Gasteiger charge is 2.44. The van der Waals surface area contributed by atoms with Crippen LogP contribution >= 0.6 is 34.4 Å². The van der Waals surface area contributed by atoms with Crippen LogP contribution in [-0.4, -0.2) is 39.5 Å². The smallest absolute Gasteiger partial charge is 0.393 e. The lowest BCUT2D eigenvalue weighted by atomic mass is 9.94. The zero-order valence-electron chi connectivity index (χ0n) is 16.3. The van der Waals surface area contributed by atoms with Crippen molar-refractivity contribution >= 4 is 44.4 Å². The van der Waals surface area contributed by atoms with E-state index in [0.29, 0.717) is 12.1 Å². The molecular weight excluding hydrogens is 569 g/mol. The van der Waals surface area contributed by atoms with E-state index in [-0.39, 0.29) is 22.3 Å². The monoisotopic (exact) mass is 589 g/mol. The minimum absolute atomic E-state index is 0.0201. The van der Waals surface area contributed by atoms with Gasteiger partial charge in [0.05, 0.1) is 22.8 Å². The van der Waals surface area contributed by atoms with Crippen molar-refractivity contribution in [2.75, 3.05) is 10.2 Å². The summed E-state index contributed by atoms with van der Waals surface area (Å²) in [5.74, 6) is -2.18. The number of sulfonamides is 1. The Kier molecular flexibility index (Phi) is 7.61. The number of thioether (sulfide) groups is 1. The number of hydrogen-bond donors (Lipinski definition) is 1. The summed E-state index contributed by atoms with van der Waals surface area (Å²) in [6.07, 6.45) is -5.79. The van der Waals surface area contributed by atoms with Crippen LogP contribution < -0.4 is 0 Å². The van der Waals surface area contributed by atoms with Gasteiger partial charge >= 0.3 is 6.18 Å². The maximum atomic E-state index is 13.7. The largest absolute Gasteiger partial charge is 0.419 e. The lowest BCUT2D eigenvalue weighted by Crippen LogP contribution is -2.43. The average molecular weight is 589 g/mol. The highest BCUT2D eigenvalue weighted by atomic mass is 127. The van der Waals surface area contributed by atoms with Gasteiger partial charge in [-0.2, -0.15) is 17.5 Å². The first-order chi connectivity index (χ1) is 14.5. The van der Waals surface area contributed by atoms with E-state index in [4.69, 9.17) is 0 Å². The minimum Gasteiger partial charge on any atom is -0.393 e. The maximum Gasteiger partial charge on any atom is 0.419 e. The molecule has 3 unspecified atom stereocenters. The van der Waals surface area contributed by atoms with Gasteiger partial charge < -0.3 is 5.11 Å². The maximum absolute atomic E-state index is 13.7. The number of hydrogen-bond acceptors (Lipinski definition) is 4. The van der Waals surface area contributed by atoms with Crippen molar-refractivity contribution in [2.45, 2.75) is 41.9 Å². The minimum atomic E-state index is -4.90. The summed E-state index contributed by atoms with van der Waals surface area (Å²) >= 11 is 3.17. The lowest BCUT2D eigenvalue weighted by Gasteiger charge is -2.33. The van der Waals surface area contributed by atoms with Gasteiger partial charge in [-0.05, 0) is 36.2 Å². The van der Waals surface area contributed by atoms with E-state index in [0.717, 1.165) is 20.8 Å². The van der Waals surface area contributed by atoms with Crippen LogP contribution in [-0.2, 0) is 22.7 Å². The number of benzene rings is 2. The molecule has 2 aromatic rings. The van der Waals surface area contributed by atoms with Gasteiger partial charge in [0.25, 0.3) is 0 Å². The van der Waals surface area contributed by atoms with E-state index < -0.39 is 45.0 Å². The molecule has 31 heavy (non-hydrogen) atoms. The molecule has 0 amide bonds. The molecule has 11 heteroatoms. The van der Waals surface area contributed by atoms with Crippen LogP contribution in [0, 0.1) is 5.82 Å². The molecule has 0 aromatic heterocycles. The summed E-state index contributed by atoms with van der Waals surface area (Å²) in [6.45, 7) is 1.19. The zero-order valence-corrected chi connectivity index (χ0v) is 20.1. The van der Waals surface area contributed by atoms with Crippen molar-refractivity contribution in [3.8, 4) is 0 Å². The third-order valence-corrected chi connectivity index (χ3v) is 9.61. The second-order valence-corrected chi connectivity index (χ2v) is 11.5. The molecule has 1 N–H and O–H groups in total. The number of rotatable bonds is 7. The molecule has 0 saturated carbocycles. The van der Waals surface area contributed by atoms with Crippen molar-refractivity contribution in [1.82, 2.24) is 4.31 Å². The van der Waals surface area contributed by atoms with Gasteiger partial charge in [-0.3, -0.25) is 0 Å². The third-order valence-electron chi connectivity index (χ3n) is 5.00. The average Bonchev–Trinajstić information content (AvgIpc) is 3.05. The van der Waals surface area contributed by atoms with Crippen molar-refractivity contribution in [3.63, 3.8) is 0 Å². The number of halogens is 5. The molecule has 0 aliphatic carbocycles. The van der Waals surface area contributed by atoms with Gasteiger partial charge in [0.1, 0.15) is 5.82 Å². The lowest BCUT2D eigenvalue weighted by molar-refractivity contribution is -0.140. The Bertz CT molecular complexity index is 1050. The van der Waals surface area contributed by atoms with E-state index in [2.05, 4.69) is 0 Å². The van der Waals surface area contributed by atoms with E-state index in [1.54, 1.807) is 19.1 Å². The predicted octanol–water partition coefficient (Wildman–Crippen LogP) is 5.01. The second kappa shape index (κ2) is 9.54. The molecule has 3 rings (SSSR count). The molecular formula is C20H20F4INO3S2. The molecule has 1 aliphatic heterocycles. The SMILES string of the molecule is CC(O)C1c2ccccc2SC1N(Cc1ccc(F)c(C(F)(F)F)c1)S(=O)(=O)CCI. The third kappa shape index (κ3) is 5.37. The van der Waals surface area contributed by atoms with E-state index in [1.165, 1.54) is 11.8 Å². The fourth-order valence-electron chi connectivity index (χ4n) is 3.59. The Labute approximate surface area is 196 Å². The summed E-state index contributed by atoms with van der Waals surface area (Å²) < 4.78 is 80.9. The molecule has 0 radical (unpaired) electrons. The molecule has 0 saturated heterocycles. The van der Waals surface area contributed by atoms with Gasteiger partial charge in [-0.1, -0.05) is 46.9 Å². The molecule has 0 bridgehead atoms. The van der Waals surface area contributed by atoms with Crippen LogP contribution in [0.4, 0.5) is 17.6 Å². The number of aliphatic hydroxyl groups excluding tert-OH is 1. The number of aliphatic hydroxyl groups is 1. The Balaban J connectivity index is 2.05. The number of nitrogens with zero attached hydrogens (tertiary/aromatic N) is 1. The summed E-state index contributed by atoms with van der Waals surface area (Å²) in [4.78, 5) is 0.808. The van der Waals surface area contributed by atoms with Crippen LogP contribution in [0.2, 0.25) is 0 Å².